The van der Waals surface area contributed by atoms with Gasteiger partial charge in [0.15, 0.2) is 5.16 Å². The lowest BCUT2D eigenvalue weighted by Crippen LogP contribution is -2.09. The highest BCUT2D eigenvalue weighted by Gasteiger charge is 2.31. The molecule has 0 atom stereocenters. The fraction of sp³-hybridized carbons (Fsp3) is 0.389. The number of halogens is 3. The largest absolute Gasteiger partial charge is 0.416 e. The molecule has 0 aliphatic heterocycles. The Bertz CT molecular complexity index is 1000. The zero-order valence-corrected chi connectivity index (χ0v) is 16.1. The second kappa shape index (κ2) is 7.03. The predicted octanol–water partition coefficient (Wildman–Crippen LogP) is 5.09. The van der Waals surface area contributed by atoms with Crippen molar-refractivity contribution < 1.29 is 18.0 Å². The Balaban J connectivity index is 2.05. The van der Waals surface area contributed by atoms with Crippen LogP contribution in [0.4, 0.5) is 13.2 Å². The summed E-state index contributed by atoms with van der Waals surface area (Å²) in [5.74, 6) is 0. The van der Waals surface area contributed by atoms with E-state index in [1.54, 1.807) is 22.2 Å². The van der Waals surface area contributed by atoms with Crippen molar-refractivity contribution in [1.82, 2.24) is 19.3 Å². The van der Waals surface area contributed by atoms with E-state index in [0.29, 0.717) is 22.9 Å². The summed E-state index contributed by atoms with van der Waals surface area (Å²) in [6.07, 6.45) is -4.44. The molecule has 0 aliphatic carbocycles. The molecule has 0 radical (unpaired) electrons. The maximum atomic E-state index is 13.0. The van der Waals surface area contributed by atoms with Gasteiger partial charge in [0.25, 0.3) is 0 Å². The van der Waals surface area contributed by atoms with Gasteiger partial charge < -0.3 is 4.57 Å². The van der Waals surface area contributed by atoms with E-state index in [2.05, 4.69) is 10.1 Å². The molecular weight excluding hydrogens is 377 g/mol. The van der Waals surface area contributed by atoms with Crippen LogP contribution in [0.5, 0.6) is 0 Å². The molecule has 0 bridgehead atoms. The summed E-state index contributed by atoms with van der Waals surface area (Å²) < 4.78 is 42.4. The molecule has 144 valence electrons. The van der Waals surface area contributed by atoms with Gasteiger partial charge in [0.2, 0.25) is 5.12 Å². The highest BCUT2D eigenvalue weighted by Crippen LogP contribution is 2.34. The summed E-state index contributed by atoms with van der Waals surface area (Å²) in [5, 5.41) is 4.38. The van der Waals surface area contributed by atoms with E-state index >= 15 is 0 Å². The zero-order chi connectivity index (χ0) is 19.9. The fourth-order valence-corrected chi connectivity index (χ4v) is 3.90. The van der Waals surface area contributed by atoms with Crippen molar-refractivity contribution in [2.45, 2.75) is 51.6 Å². The zero-order valence-electron chi connectivity index (χ0n) is 15.3. The normalized spacial score (nSPS) is 12.3. The number of fused-ring (bicyclic) bond motifs is 1. The van der Waals surface area contributed by atoms with Gasteiger partial charge in [-0.3, -0.25) is 9.48 Å². The first-order valence-corrected chi connectivity index (χ1v) is 9.29. The topological polar surface area (TPSA) is 52.7 Å². The van der Waals surface area contributed by atoms with Crippen LogP contribution in [0.2, 0.25) is 0 Å². The summed E-state index contributed by atoms with van der Waals surface area (Å²) in [7, 11) is 0. The molecule has 0 aliphatic rings. The average molecular weight is 396 g/mol. The number of thioether (sulfide) groups is 1. The molecule has 0 N–H and O–H groups in total. The molecule has 0 saturated heterocycles. The van der Waals surface area contributed by atoms with Gasteiger partial charge in [0.1, 0.15) is 5.69 Å². The van der Waals surface area contributed by atoms with Gasteiger partial charge in [-0.25, -0.2) is 4.98 Å². The Morgan fingerprint density at radius 2 is 1.96 bits per heavy atom. The molecule has 5 nitrogen and oxygen atoms in total. The third kappa shape index (κ3) is 3.73. The van der Waals surface area contributed by atoms with Crippen LogP contribution in [-0.2, 0) is 12.7 Å². The molecule has 2 heterocycles. The number of benzene rings is 1. The number of aryl methyl sites for hydroxylation is 2. The number of rotatable bonds is 4. The first-order valence-electron chi connectivity index (χ1n) is 8.47. The van der Waals surface area contributed by atoms with E-state index in [1.807, 2.05) is 20.8 Å². The molecule has 3 aromatic rings. The standard InChI is InChI=1S/C18H19F3N4OS/c1-5-24-15(8-11(4)23-24)16(26)27-17-22-13-9-12(18(19,20)21)6-7-14(13)25(17)10(2)3/h6-10H,5H2,1-4H3. The molecule has 0 unspecified atom stereocenters. The van der Waals surface area contributed by atoms with Gasteiger partial charge in [-0.15, -0.1) is 0 Å². The molecule has 2 aromatic heterocycles. The van der Waals surface area contributed by atoms with Crippen molar-refractivity contribution in [2.75, 3.05) is 0 Å². The number of carbonyl (C=O) groups excluding carboxylic acids is 1. The maximum Gasteiger partial charge on any atom is 0.416 e. The van der Waals surface area contributed by atoms with E-state index in [4.69, 9.17) is 0 Å². The Kier molecular flexibility index (Phi) is 5.07. The first-order chi connectivity index (χ1) is 12.6. The van der Waals surface area contributed by atoms with E-state index in [-0.39, 0.29) is 16.7 Å². The van der Waals surface area contributed by atoms with Crippen molar-refractivity contribution in [3.05, 3.63) is 41.2 Å². The summed E-state index contributed by atoms with van der Waals surface area (Å²) in [6, 6.07) is 5.08. The molecule has 9 heteroatoms. The van der Waals surface area contributed by atoms with Gasteiger partial charge >= 0.3 is 6.18 Å². The van der Waals surface area contributed by atoms with Crippen LogP contribution in [0.25, 0.3) is 11.0 Å². The predicted molar refractivity (Wildman–Crippen MR) is 97.9 cm³/mol. The second-order valence-corrected chi connectivity index (χ2v) is 7.38. The van der Waals surface area contributed by atoms with E-state index in [9.17, 15) is 18.0 Å². The van der Waals surface area contributed by atoms with Gasteiger partial charge in [-0.05, 0) is 63.7 Å². The van der Waals surface area contributed by atoms with Gasteiger partial charge in [0, 0.05) is 12.6 Å². The molecule has 0 saturated carbocycles. The minimum absolute atomic E-state index is 0.0696. The Morgan fingerprint density at radius 1 is 1.26 bits per heavy atom. The highest BCUT2D eigenvalue weighted by atomic mass is 32.2. The number of nitrogens with zero attached hydrogens (tertiary/aromatic N) is 4. The summed E-state index contributed by atoms with van der Waals surface area (Å²) >= 11 is 0.904. The number of aromatic nitrogens is 4. The van der Waals surface area contributed by atoms with Crippen LogP contribution >= 0.6 is 11.8 Å². The van der Waals surface area contributed by atoms with Crippen LogP contribution in [-0.4, -0.2) is 24.4 Å². The lowest BCUT2D eigenvalue weighted by molar-refractivity contribution is -0.137. The van der Waals surface area contributed by atoms with Crippen molar-refractivity contribution >= 4 is 27.9 Å². The van der Waals surface area contributed by atoms with Crippen LogP contribution in [0.1, 0.15) is 48.6 Å². The third-order valence-electron chi connectivity index (χ3n) is 4.10. The minimum atomic E-state index is -4.44. The summed E-state index contributed by atoms with van der Waals surface area (Å²) in [5.41, 5.74) is 1.19. The third-order valence-corrected chi connectivity index (χ3v) is 4.96. The van der Waals surface area contributed by atoms with Gasteiger partial charge in [-0.2, -0.15) is 18.3 Å². The first kappa shape index (κ1) is 19.5. The van der Waals surface area contributed by atoms with Gasteiger partial charge in [-0.1, -0.05) is 0 Å². The quantitative estimate of drug-likeness (QED) is 0.576. The van der Waals surface area contributed by atoms with Gasteiger partial charge in [0.05, 0.1) is 22.3 Å². The molecule has 3 rings (SSSR count). The van der Waals surface area contributed by atoms with E-state index < -0.39 is 11.7 Å². The molecule has 0 spiro atoms. The van der Waals surface area contributed by atoms with Crippen molar-refractivity contribution in [2.24, 2.45) is 0 Å². The van der Waals surface area contributed by atoms with Crippen molar-refractivity contribution in [1.29, 1.82) is 0 Å². The summed E-state index contributed by atoms with van der Waals surface area (Å²) in [4.78, 5) is 17.1. The fourth-order valence-electron chi connectivity index (χ4n) is 2.91. The monoisotopic (exact) mass is 396 g/mol. The van der Waals surface area contributed by atoms with Crippen LogP contribution in [0, 0.1) is 6.92 Å². The lowest BCUT2D eigenvalue weighted by atomic mass is 10.2. The Hall–Kier alpha value is -2.29. The molecule has 27 heavy (non-hydrogen) atoms. The Labute approximate surface area is 158 Å². The lowest BCUT2D eigenvalue weighted by Gasteiger charge is -2.12. The minimum Gasteiger partial charge on any atom is -0.316 e. The number of hydrogen-bond acceptors (Lipinski definition) is 4. The maximum absolute atomic E-state index is 13.0. The molecule has 0 fully saturated rings. The number of carbonyl (C=O) groups is 1. The smallest absolute Gasteiger partial charge is 0.316 e. The Morgan fingerprint density at radius 3 is 2.56 bits per heavy atom. The highest BCUT2D eigenvalue weighted by molar-refractivity contribution is 8.14. The summed E-state index contributed by atoms with van der Waals surface area (Å²) in [6.45, 7) is 8.03. The molecule has 1 aromatic carbocycles. The SMILES string of the molecule is CCn1nc(C)cc1C(=O)Sc1nc2cc(C(F)(F)F)ccc2n1C(C)C. The van der Waals surface area contributed by atoms with E-state index in [1.165, 1.54) is 6.07 Å². The molecule has 0 amide bonds. The van der Waals surface area contributed by atoms with E-state index in [0.717, 1.165) is 29.6 Å². The number of alkyl halides is 3. The van der Waals surface area contributed by atoms with Crippen molar-refractivity contribution in [3.63, 3.8) is 0 Å². The van der Waals surface area contributed by atoms with Crippen LogP contribution < -0.4 is 0 Å². The number of imidazole rings is 1. The van der Waals surface area contributed by atoms with Crippen molar-refractivity contribution in [3.8, 4) is 0 Å². The second-order valence-electron chi connectivity index (χ2n) is 6.44. The van der Waals surface area contributed by atoms with Crippen LogP contribution in [0.15, 0.2) is 29.4 Å². The molecular formula is C18H19F3N4OS. The van der Waals surface area contributed by atoms with Crippen LogP contribution in [0.3, 0.4) is 0 Å². The average Bonchev–Trinajstić information content (AvgIpc) is 3.12. The number of hydrogen-bond donors (Lipinski definition) is 0.